The summed E-state index contributed by atoms with van der Waals surface area (Å²) in [7, 11) is 1.64. The molecule has 1 aromatic rings. The number of hydrogen-bond donors (Lipinski definition) is 2. The lowest BCUT2D eigenvalue weighted by molar-refractivity contribution is -0.124. The molecule has 1 unspecified atom stereocenters. The summed E-state index contributed by atoms with van der Waals surface area (Å²) in [6.07, 6.45) is 8.72. The third-order valence-electron chi connectivity index (χ3n) is 5.65. The number of pyridine rings is 1. The monoisotopic (exact) mass is 403 g/mol. The maximum Gasteiger partial charge on any atom is 0.273 e. The van der Waals surface area contributed by atoms with Gasteiger partial charge in [-0.25, -0.2) is 4.98 Å². The molecule has 2 heterocycles. The van der Waals surface area contributed by atoms with Gasteiger partial charge in [-0.3, -0.25) is 9.59 Å². The molecule has 7 nitrogen and oxygen atoms in total. The van der Waals surface area contributed by atoms with Crippen LogP contribution in [0.3, 0.4) is 0 Å². The molecule has 0 radical (unpaired) electrons. The highest BCUT2D eigenvalue weighted by atomic mass is 16.5. The Morgan fingerprint density at radius 2 is 2.14 bits per heavy atom. The van der Waals surface area contributed by atoms with Crippen molar-refractivity contribution in [3.8, 4) is 5.75 Å². The van der Waals surface area contributed by atoms with Crippen LogP contribution in [0.2, 0.25) is 0 Å². The highest BCUT2D eigenvalue weighted by Crippen LogP contribution is 2.45. The van der Waals surface area contributed by atoms with E-state index in [4.69, 9.17) is 9.47 Å². The van der Waals surface area contributed by atoms with Crippen LogP contribution in [0.4, 0.5) is 0 Å². The van der Waals surface area contributed by atoms with E-state index in [9.17, 15) is 9.59 Å². The van der Waals surface area contributed by atoms with Crippen molar-refractivity contribution >= 4 is 11.8 Å². The average molecular weight is 404 g/mol. The molecule has 2 amide bonds. The number of amides is 2. The molecular formula is C22H33N3O4. The van der Waals surface area contributed by atoms with Crippen molar-refractivity contribution in [2.75, 3.05) is 26.8 Å². The number of hydrogen-bond acceptors (Lipinski definition) is 5. The van der Waals surface area contributed by atoms with Crippen LogP contribution in [0.5, 0.6) is 5.75 Å². The van der Waals surface area contributed by atoms with Crippen LogP contribution in [0, 0.1) is 5.92 Å². The largest absolute Gasteiger partial charge is 0.488 e. The van der Waals surface area contributed by atoms with Gasteiger partial charge in [0, 0.05) is 37.9 Å². The van der Waals surface area contributed by atoms with Gasteiger partial charge in [0.15, 0.2) is 11.4 Å². The van der Waals surface area contributed by atoms with Crippen LogP contribution >= 0.6 is 0 Å². The summed E-state index contributed by atoms with van der Waals surface area (Å²) in [5, 5.41) is 5.58. The molecule has 0 aromatic carbocycles. The number of carbonyl (C=O) groups is 2. The molecule has 2 fully saturated rings. The second-order valence-corrected chi connectivity index (χ2v) is 8.07. The summed E-state index contributed by atoms with van der Waals surface area (Å²) in [5.41, 5.74) is 1.43. The van der Waals surface area contributed by atoms with Crippen LogP contribution in [-0.2, 0) is 9.53 Å². The van der Waals surface area contributed by atoms with Gasteiger partial charge in [-0.05, 0) is 56.9 Å². The van der Waals surface area contributed by atoms with Gasteiger partial charge < -0.3 is 20.1 Å². The summed E-state index contributed by atoms with van der Waals surface area (Å²) < 4.78 is 11.9. The van der Waals surface area contributed by atoms with Gasteiger partial charge >= 0.3 is 0 Å². The maximum absolute atomic E-state index is 12.8. The molecule has 2 aliphatic rings. The van der Waals surface area contributed by atoms with E-state index in [0.717, 1.165) is 57.1 Å². The fourth-order valence-electron chi connectivity index (χ4n) is 3.68. The molecule has 0 spiro atoms. The van der Waals surface area contributed by atoms with Crippen LogP contribution < -0.4 is 15.4 Å². The molecule has 7 heteroatoms. The molecule has 160 valence electrons. The van der Waals surface area contributed by atoms with Crippen LogP contribution in [0.1, 0.15) is 73.8 Å². The minimum Gasteiger partial charge on any atom is -0.488 e. The first-order chi connectivity index (χ1) is 14.1. The van der Waals surface area contributed by atoms with Gasteiger partial charge in [-0.1, -0.05) is 6.92 Å². The lowest BCUT2D eigenvalue weighted by atomic mass is 10.0. The van der Waals surface area contributed by atoms with Crippen molar-refractivity contribution in [3.63, 3.8) is 0 Å². The number of nitrogens with zero attached hydrogens (tertiary/aromatic N) is 1. The van der Waals surface area contributed by atoms with E-state index < -0.39 is 0 Å². The highest BCUT2D eigenvalue weighted by molar-refractivity contribution is 5.95. The van der Waals surface area contributed by atoms with E-state index in [1.54, 1.807) is 13.2 Å². The first-order valence-electron chi connectivity index (χ1n) is 10.8. The van der Waals surface area contributed by atoms with Crippen molar-refractivity contribution < 1.29 is 19.1 Å². The lowest BCUT2D eigenvalue weighted by Crippen LogP contribution is -2.30. The number of nitrogens with one attached hydrogen (secondary N) is 2. The summed E-state index contributed by atoms with van der Waals surface area (Å²) in [4.78, 5) is 28.7. The minimum atomic E-state index is -0.223. The normalized spacial score (nSPS) is 20.0. The Balaban J connectivity index is 1.59. The lowest BCUT2D eigenvalue weighted by Gasteiger charge is -2.24. The molecule has 2 N–H and O–H groups in total. The smallest absolute Gasteiger partial charge is 0.273 e. The molecular weight excluding hydrogens is 370 g/mol. The molecule has 1 saturated carbocycles. The predicted molar refractivity (Wildman–Crippen MR) is 110 cm³/mol. The number of aromatic nitrogens is 1. The summed E-state index contributed by atoms with van der Waals surface area (Å²) in [6, 6.07) is 1.97. The summed E-state index contributed by atoms with van der Waals surface area (Å²) in [5.74, 6) is 0.804. The zero-order valence-electron chi connectivity index (χ0n) is 17.5. The van der Waals surface area contributed by atoms with Gasteiger partial charge in [0.25, 0.3) is 5.91 Å². The van der Waals surface area contributed by atoms with Crippen molar-refractivity contribution in [3.05, 3.63) is 23.5 Å². The maximum atomic E-state index is 12.8. The Morgan fingerprint density at radius 1 is 1.31 bits per heavy atom. The zero-order chi connectivity index (χ0) is 20.6. The molecule has 2 atom stereocenters. The van der Waals surface area contributed by atoms with E-state index in [2.05, 4.69) is 15.6 Å². The zero-order valence-corrected chi connectivity index (χ0v) is 17.5. The quantitative estimate of drug-likeness (QED) is 0.587. The van der Waals surface area contributed by atoms with E-state index in [-0.39, 0.29) is 23.8 Å². The Kier molecular flexibility index (Phi) is 7.86. The average Bonchev–Trinajstić information content (AvgIpc) is 3.60. The van der Waals surface area contributed by atoms with E-state index in [1.165, 1.54) is 0 Å². The molecule has 0 bridgehead atoms. The first kappa shape index (κ1) is 21.6. The van der Waals surface area contributed by atoms with Crippen LogP contribution in [0.15, 0.2) is 12.3 Å². The molecule has 3 rings (SSSR count). The minimum absolute atomic E-state index is 0.0238. The number of ether oxygens (including phenoxy) is 2. The van der Waals surface area contributed by atoms with Crippen LogP contribution in [-0.4, -0.2) is 49.7 Å². The van der Waals surface area contributed by atoms with Crippen molar-refractivity contribution in [1.82, 2.24) is 15.6 Å². The SMILES string of the molecule is CNC(=O)C(C)CCCNC(=O)c1nccc(C2CC2)c1OC[C@@H]1CCCCO1. The fourth-order valence-corrected chi connectivity index (χ4v) is 3.68. The van der Waals surface area contributed by atoms with E-state index in [0.29, 0.717) is 30.5 Å². The standard InChI is InChI=1S/C22H33N3O4/c1-15(21(26)23-2)6-5-11-25-22(27)19-20(18(10-12-24-19)16-8-9-16)29-14-17-7-3-4-13-28-17/h10,12,15-17H,3-9,11,13-14H2,1-2H3,(H,23,26)(H,25,27)/t15?,17-/m0/s1. The molecule has 1 aliphatic carbocycles. The number of carbonyl (C=O) groups excluding carboxylic acids is 2. The van der Waals surface area contributed by atoms with E-state index in [1.807, 2.05) is 13.0 Å². The molecule has 29 heavy (non-hydrogen) atoms. The van der Waals surface area contributed by atoms with Gasteiger partial charge in [0.2, 0.25) is 5.91 Å². The Hall–Kier alpha value is -2.15. The predicted octanol–water partition coefficient (Wildman–Crippen LogP) is 2.80. The second kappa shape index (κ2) is 10.6. The second-order valence-electron chi connectivity index (χ2n) is 8.07. The molecule has 1 saturated heterocycles. The van der Waals surface area contributed by atoms with Gasteiger partial charge in [-0.15, -0.1) is 0 Å². The molecule has 1 aromatic heterocycles. The van der Waals surface area contributed by atoms with Gasteiger partial charge in [0.1, 0.15) is 6.61 Å². The highest BCUT2D eigenvalue weighted by Gasteiger charge is 2.30. The van der Waals surface area contributed by atoms with Crippen LogP contribution in [0.25, 0.3) is 0 Å². The summed E-state index contributed by atoms with van der Waals surface area (Å²) in [6.45, 7) is 3.62. The topological polar surface area (TPSA) is 89.6 Å². The van der Waals surface area contributed by atoms with Crippen molar-refractivity contribution in [2.24, 2.45) is 5.92 Å². The molecule has 1 aliphatic heterocycles. The van der Waals surface area contributed by atoms with E-state index >= 15 is 0 Å². The Labute approximate surface area is 172 Å². The van der Waals surface area contributed by atoms with Gasteiger partial charge in [0.05, 0.1) is 6.10 Å². The third-order valence-corrected chi connectivity index (χ3v) is 5.65. The number of rotatable bonds is 10. The summed E-state index contributed by atoms with van der Waals surface area (Å²) >= 11 is 0. The fraction of sp³-hybridized carbons (Fsp3) is 0.682. The van der Waals surface area contributed by atoms with Gasteiger partial charge in [-0.2, -0.15) is 0 Å². The van der Waals surface area contributed by atoms with Crippen molar-refractivity contribution in [1.29, 1.82) is 0 Å². The Bertz CT molecular complexity index is 699. The van der Waals surface area contributed by atoms with Crippen molar-refractivity contribution in [2.45, 2.75) is 63.9 Å². The Morgan fingerprint density at radius 3 is 2.83 bits per heavy atom. The first-order valence-corrected chi connectivity index (χ1v) is 10.8. The third kappa shape index (κ3) is 6.16.